The van der Waals surface area contributed by atoms with Crippen molar-refractivity contribution in [2.24, 2.45) is 11.7 Å². The van der Waals surface area contributed by atoms with Gasteiger partial charge in [-0.25, -0.2) is 0 Å². The van der Waals surface area contributed by atoms with Crippen LogP contribution in [0.15, 0.2) is 40.1 Å². The Labute approximate surface area is 203 Å². The number of likely N-dealkylation sites (tertiary alicyclic amines) is 1. The second kappa shape index (κ2) is 9.51. The second-order valence-corrected chi connectivity index (χ2v) is 10.8. The number of hydrogen-bond donors (Lipinski definition) is 3. The van der Waals surface area contributed by atoms with Gasteiger partial charge in [0.25, 0.3) is 0 Å². The maximum absolute atomic E-state index is 13.8. The average Bonchev–Trinajstić information content (AvgIpc) is 3.24. The third-order valence-electron chi connectivity index (χ3n) is 7.06. The van der Waals surface area contributed by atoms with Crippen molar-refractivity contribution in [3.63, 3.8) is 0 Å². The summed E-state index contributed by atoms with van der Waals surface area (Å²) in [5.74, 6) is 0.660. The number of halogens is 3. The van der Waals surface area contributed by atoms with Gasteiger partial charge in [-0.2, -0.15) is 13.2 Å². The zero-order valence-corrected chi connectivity index (χ0v) is 20.2. The van der Waals surface area contributed by atoms with Gasteiger partial charge in [0.1, 0.15) is 0 Å². The molecule has 2 aromatic rings. The van der Waals surface area contributed by atoms with E-state index in [4.69, 9.17) is 5.73 Å². The molecule has 184 valence electrons. The highest BCUT2D eigenvalue weighted by Crippen LogP contribution is 2.50. The van der Waals surface area contributed by atoms with E-state index >= 15 is 0 Å². The minimum atomic E-state index is -4.40. The van der Waals surface area contributed by atoms with E-state index in [1.165, 1.54) is 30.3 Å². The van der Waals surface area contributed by atoms with Gasteiger partial charge in [0.2, 0.25) is 0 Å². The number of fused-ring (bicyclic) bond motifs is 2. The Hall–Kier alpha value is -2.10. The molecule has 3 heterocycles. The Morgan fingerprint density at radius 1 is 1.09 bits per heavy atom. The predicted octanol–water partition coefficient (Wildman–Crippen LogP) is 5.59. The summed E-state index contributed by atoms with van der Waals surface area (Å²) in [6, 6.07) is 8.93. The molecule has 3 aliphatic heterocycles. The van der Waals surface area contributed by atoms with E-state index in [9.17, 15) is 13.2 Å². The Morgan fingerprint density at radius 2 is 1.88 bits per heavy atom. The van der Waals surface area contributed by atoms with Crippen molar-refractivity contribution in [1.29, 1.82) is 0 Å². The van der Waals surface area contributed by atoms with Gasteiger partial charge in [0, 0.05) is 60.8 Å². The van der Waals surface area contributed by atoms with Gasteiger partial charge in [-0.15, -0.1) is 0 Å². The lowest BCUT2D eigenvalue weighted by Gasteiger charge is -2.34. The minimum absolute atomic E-state index is 0.134. The lowest BCUT2D eigenvalue weighted by Crippen LogP contribution is -2.41. The van der Waals surface area contributed by atoms with Gasteiger partial charge in [0.05, 0.1) is 22.6 Å². The molecule has 1 atom stereocenters. The maximum Gasteiger partial charge on any atom is 0.416 e. The number of benzene rings is 2. The third kappa shape index (κ3) is 4.97. The normalized spacial score (nSPS) is 21.2. The van der Waals surface area contributed by atoms with Crippen LogP contribution >= 0.6 is 11.8 Å². The molecule has 9 heteroatoms. The Morgan fingerprint density at radius 3 is 2.56 bits per heavy atom. The summed E-state index contributed by atoms with van der Waals surface area (Å²) in [5, 5.41) is 6.87. The van der Waals surface area contributed by atoms with Crippen LogP contribution in [0.3, 0.4) is 0 Å². The van der Waals surface area contributed by atoms with Gasteiger partial charge < -0.3 is 26.2 Å². The zero-order valence-electron chi connectivity index (χ0n) is 19.4. The molecule has 0 spiro atoms. The molecule has 2 fully saturated rings. The highest BCUT2D eigenvalue weighted by Gasteiger charge is 2.34. The van der Waals surface area contributed by atoms with Crippen molar-refractivity contribution in [3.05, 3.63) is 35.9 Å². The SMILES string of the molecule is CC1CCN(c2ccc3c(c2)Sc2cc(C(F)(F)F)cc(NC4CCN(CCN)CC4)c2N3)C1. The van der Waals surface area contributed by atoms with Crippen molar-refractivity contribution < 1.29 is 13.2 Å². The number of nitrogens with two attached hydrogens (primary N) is 1. The summed E-state index contributed by atoms with van der Waals surface area (Å²) < 4.78 is 41.3. The summed E-state index contributed by atoms with van der Waals surface area (Å²) in [4.78, 5) is 6.24. The first-order chi connectivity index (χ1) is 16.3. The molecule has 3 aliphatic rings. The fourth-order valence-electron chi connectivity index (χ4n) is 5.12. The van der Waals surface area contributed by atoms with Gasteiger partial charge >= 0.3 is 6.18 Å². The lowest BCUT2D eigenvalue weighted by atomic mass is 10.0. The van der Waals surface area contributed by atoms with E-state index < -0.39 is 11.7 Å². The van der Waals surface area contributed by atoms with E-state index in [0.717, 1.165) is 67.5 Å². The molecule has 0 amide bonds. The van der Waals surface area contributed by atoms with Crippen molar-refractivity contribution in [3.8, 4) is 0 Å². The van der Waals surface area contributed by atoms with Gasteiger partial charge in [-0.1, -0.05) is 18.7 Å². The molecule has 0 aromatic heterocycles. The second-order valence-electron chi connectivity index (χ2n) is 9.69. The minimum Gasteiger partial charge on any atom is -0.380 e. The first kappa shape index (κ1) is 23.6. The smallest absolute Gasteiger partial charge is 0.380 e. The number of nitrogens with zero attached hydrogens (tertiary/aromatic N) is 2. The molecular formula is C25H32F3N5S. The van der Waals surface area contributed by atoms with Gasteiger partial charge in [-0.05, 0) is 55.5 Å². The average molecular weight is 492 g/mol. The molecule has 0 radical (unpaired) electrons. The number of rotatable bonds is 5. The van der Waals surface area contributed by atoms with Crippen molar-refractivity contribution in [2.45, 2.75) is 48.2 Å². The molecule has 2 aromatic carbocycles. The van der Waals surface area contributed by atoms with E-state index in [1.807, 2.05) is 0 Å². The largest absolute Gasteiger partial charge is 0.416 e. The summed E-state index contributed by atoms with van der Waals surface area (Å²) in [5.41, 5.74) is 8.38. The number of piperidine rings is 1. The highest BCUT2D eigenvalue weighted by atomic mass is 32.2. The van der Waals surface area contributed by atoms with Crippen LogP contribution in [0.5, 0.6) is 0 Å². The van der Waals surface area contributed by atoms with E-state index in [-0.39, 0.29) is 6.04 Å². The molecule has 5 rings (SSSR count). The fraction of sp³-hybridized carbons (Fsp3) is 0.520. The zero-order chi connectivity index (χ0) is 23.9. The molecule has 0 aliphatic carbocycles. The molecule has 0 saturated carbocycles. The summed E-state index contributed by atoms with van der Waals surface area (Å²) in [6.45, 7) is 7.57. The molecule has 1 unspecified atom stereocenters. The van der Waals surface area contributed by atoms with Crippen molar-refractivity contribution >= 4 is 34.5 Å². The van der Waals surface area contributed by atoms with Crippen LogP contribution in [0.4, 0.5) is 35.9 Å². The molecule has 0 bridgehead atoms. The van der Waals surface area contributed by atoms with Crippen LogP contribution in [0.1, 0.15) is 31.7 Å². The van der Waals surface area contributed by atoms with Crippen LogP contribution in [0.25, 0.3) is 0 Å². The number of nitrogens with one attached hydrogen (secondary N) is 2. The quantitative estimate of drug-likeness (QED) is 0.432. The molecule has 5 nitrogen and oxygen atoms in total. The summed E-state index contributed by atoms with van der Waals surface area (Å²) in [7, 11) is 0. The maximum atomic E-state index is 13.8. The van der Waals surface area contributed by atoms with E-state index in [2.05, 4.69) is 45.6 Å². The fourth-order valence-corrected chi connectivity index (χ4v) is 6.22. The predicted molar refractivity (Wildman–Crippen MR) is 133 cm³/mol. The standard InChI is InChI=1S/C25H32F3N5S/c1-16-4-10-33(15-16)19-2-3-20-22(14-19)34-23-13-17(25(26,27)28)12-21(24(23)31-20)30-18-5-8-32(9-6-18)11-7-29/h2-3,12-14,16,18,30-31H,4-11,15,29H2,1H3. The molecule has 34 heavy (non-hydrogen) atoms. The van der Waals surface area contributed by atoms with Crippen LogP contribution < -0.4 is 21.3 Å². The van der Waals surface area contributed by atoms with Crippen LogP contribution in [-0.2, 0) is 6.18 Å². The summed E-state index contributed by atoms with van der Waals surface area (Å²) in [6.07, 6.45) is -1.47. The first-order valence-corrected chi connectivity index (χ1v) is 12.9. The summed E-state index contributed by atoms with van der Waals surface area (Å²) >= 11 is 1.42. The Balaban J connectivity index is 1.41. The topological polar surface area (TPSA) is 56.6 Å². The van der Waals surface area contributed by atoms with E-state index in [1.54, 1.807) is 0 Å². The molecular weight excluding hydrogens is 459 g/mol. The molecule has 4 N–H and O–H groups in total. The van der Waals surface area contributed by atoms with Crippen molar-refractivity contribution in [2.75, 3.05) is 54.8 Å². The van der Waals surface area contributed by atoms with Crippen LogP contribution in [0.2, 0.25) is 0 Å². The number of hydrogen-bond acceptors (Lipinski definition) is 6. The van der Waals surface area contributed by atoms with Crippen LogP contribution in [0, 0.1) is 5.92 Å². The van der Waals surface area contributed by atoms with Gasteiger partial charge in [-0.3, -0.25) is 0 Å². The van der Waals surface area contributed by atoms with E-state index in [0.29, 0.717) is 23.0 Å². The first-order valence-electron chi connectivity index (χ1n) is 12.1. The monoisotopic (exact) mass is 491 g/mol. The van der Waals surface area contributed by atoms with Crippen molar-refractivity contribution in [1.82, 2.24) is 4.90 Å². The number of anilines is 4. The number of alkyl halides is 3. The van der Waals surface area contributed by atoms with Gasteiger partial charge in [0.15, 0.2) is 0 Å². The highest BCUT2D eigenvalue weighted by molar-refractivity contribution is 7.99. The van der Waals surface area contributed by atoms with Crippen LogP contribution in [-0.4, -0.2) is 50.2 Å². The molecule has 2 saturated heterocycles. The Bertz CT molecular complexity index is 1040. The Kier molecular flexibility index (Phi) is 6.61. The lowest BCUT2D eigenvalue weighted by molar-refractivity contribution is -0.137. The third-order valence-corrected chi connectivity index (χ3v) is 8.16.